The van der Waals surface area contributed by atoms with Gasteiger partial charge < -0.3 is 24.8 Å². The Labute approximate surface area is 231 Å². The molecule has 40 heavy (non-hydrogen) atoms. The van der Waals surface area contributed by atoms with Crippen LogP contribution in [0.2, 0.25) is 0 Å². The van der Waals surface area contributed by atoms with Gasteiger partial charge in [0.05, 0.1) is 36.3 Å². The predicted molar refractivity (Wildman–Crippen MR) is 142 cm³/mol. The first-order valence-corrected chi connectivity index (χ1v) is 13.8. The number of hydrogen-bond donors (Lipinski definition) is 2. The monoisotopic (exact) mass is 547 g/mol. The van der Waals surface area contributed by atoms with Crippen molar-refractivity contribution in [1.82, 2.24) is 25.2 Å². The molecule has 3 aliphatic heterocycles. The van der Waals surface area contributed by atoms with E-state index in [4.69, 9.17) is 9.47 Å². The maximum absolute atomic E-state index is 14.4. The van der Waals surface area contributed by atoms with Gasteiger partial charge in [-0.1, -0.05) is 54.6 Å². The Balaban J connectivity index is 1.41. The molecule has 4 heterocycles. The zero-order chi connectivity index (χ0) is 28.1. The number of amides is 2. The number of hydrogen-bond acceptors (Lipinski definition) is 8. The van der Waals surface area contributed by atoms with Gasteiger partial charge in [0.2, 0.25) is 11.8 Å². The third-order valence-electron chi connectivity index (χ3n) is 8.92. The third-order valence-corrected chi connectivity index (χ3v) is 8.92. The quantitative estimate of drug-likeness (QED) is 0.388. The molecular weight excluding hydrogens is 514 g/mol. The van der Waals surface area contributed by atoms with E-state index in [2.05, 4.69) is 15.6 Å². The molecule has 6 rings (SSSR count). The van der Waals surface area contributed by atoms with Crippen LogP contribution >= 0.6 is 0 Å². The van der Waals surface area contributed by atoms with Gasteiger partial charge in [-0.15, -0.1) is 5.10 Å². The summed E-state index contributed by atoms with van der Waals surface area (Å²) in [6.07, 6.45) is 1.46. The Hall–Kier alpha value is -3.83. The van der Waals surface area contributed by atoms with E-state index in [0.29, 0.717) is 30.3 Å². The highest BCUT2D eigenvalue weighted by molar-refractivity contribution is 5.98. The van der Waals surface area contributed by atoms with E-state index < -0.39 is 53.6 Å². The van der Waals surface area contributed by atoms with E-state index >= 15 is 0 Å². The standard InChI is InChI=1S/C29H33N5O6/c1-3-28-14-15-29(40-28)22(23(28)27(38)39-4-2)26(37)34(21(16-35)18-10-6-5-7-11-18)24(29)25(36)30-17-33-20-13-9-8-12-19(20)31-32-33/h5-13,21-24,35H,3-4,14-17H2,1-2H3,(H,30,36)/t21-,22+,23+,24?,28-,29?/m1/s1. The molecular formula is C29H33N5O6. The first kappa shape index (κ1) is 26.4. The molecule has 3 aromatic rings. The second-order valence-electron chi connectivity index (χ2n) is 10.7. The van der Waals surface area contributed by atoms with Crippen molar-refractivity contribution in [3.8, 4) is 0 Å². The largest absolute Gasteiger partial charge is 0.466 e. The summed E-state index contributed by atoms with van der Waals surface area (Å²) >= 11 is 0. The van der Waals surface area contributed by atoms with Gasteiger partial charge in [-0.2, -0.15) is 0 Å². The lowest BCUT2D eigenvalue weighted by atomic mass is 9.65. The number of benzene rings is 2. The summed E-state index contributed by atoms with van der Waals surface area (Å²) in [5, 5.41) is 21.8. The zero-order valence-electron chi connectivity index (χ0n) is 22.5. The van der Waals surface area contributed by atoms with Crippen LogP contribution in [0.4, 0.5) is 0 Å². The van der Waals surface area contributed by atoms with E-state index in [1.165, 1.54) is 4.90 Å². The van der Waals surface area contributed by atoms with Crippen molar-refractivity contribution in [2.45, 2.75) is 63.1 Å². The number of aromatic nitrogens is 3. The summed E-state index contributed by atoms with van der Waals surface area (Å²) < 4.78 is 13.7. The molecule has 0 radical (unpaired) electrons. The fourth-order valence-electron chi connectivity index (χ4n) is 7.20. The topological polar surface area (TPSA) is 136 Å². The zero-order valence-corrected chi connectivity index (χ0v) is 22.5. The predicted octanol–water partition coefficient (Wildman–Crippen LogP) is 1.96. The Kier molecular flexibility index (Phi) is 6.58. The van der Waals surface area contributed by atoms with Crippen molar-refractivity contribution in [2.75, 3.05) is 13.2 Å². The number of esters is 1. The highest BCUT2D eigenvalue weighted by Gasteiger charge is 2.79. The van der Waals surface area contributed by atoms with E-state index in [0.717, 1.165) is 5.52 Å². The van der Waals surface area contributed by atoms with Gasteiger partial charge in [0.15, 0.2) is 0 Å². The SMILES string of the molecule is CCOC(=O)[C@@H]1[C@H]2C(=O)N([C@H](CO)c3ccccc3)C(C(=O)NCn3nnc4ccccc43)C23CC[C@@]1(CC)O3. The van der Waals surface area contributed by atoms with Gasteiger partial charge in [-0.05, 0) is 43.9 Å². The van der Waals surface area contributed by atoms with Gasteiger partial charge in [0, 0.05) is 0 Å². The fraction of sp³-hybridized carbons (Fsp3) is 0.483. The molecule has 2 aromatic carbocycles. The van der Waals surface area contributed by atoms with Crippen molar-refractivity contribution >= 4 is 28.8 Å². The van der Waals surface area contributed by atoms with E-state index in [-0.39, 0.29) is 19.2 Å². The molecule has 0 saturated carbocycles. The summed E-state index contributed by atoms with van der Waals surface area (Å²) in [7, 11) is 0. The van der Waals surface area contributed by atoms with Crippen molar-refractivity contribution in [3.63, 3.8) is 0 Å². The number of carbonyl (C=O) groups excluding carboxylic acids is 3. The fourth-order valence-corrected chi connectivity index (χ4v) is 7.20. The molecule has 2 unspecified atom stereocenters. The molecule has 6 atom stereocenters. The van der Waals surface area contributed by atoms with Crippen LogP contribution in [-0.2, 0) is 30.5 Å². The molecule has 3 fully saturated rings. The van der Waals surface area contributed by atoms with Crippen LogP contribution < -0.4 is 5.32 Å². The average molecular weight is 548 g/mol. The van der Waals surface area contributed by atoms with Crippen molar-refractivity contribution in [3.05, 3.63) is 60.2 Å². The molecule has 11 nitrogen and oxygen atoms in total. The first-order valence-electron chi connectivity index (χ1n) is 13.8. The van der Waals surface area contributed by atoms with Gasteiger partial charge in [-0.25, -0.2) is 4.68 Å². The number of carbonyl (C=O) groups is 3. The lowest BCUT2D eigenvalue weighted by Gasteiger charge is -2.37. The van der Waals surface area contributed by atoms with E-state index in [1.54, 1.807) is 11.6 Å². The lowest BCUT2D eigenvalue weighted by Crippen LogP contribution is -2.56. The highest BCUT2D eigenvalue weighted by Crippen LogP contribution is 2.65. The van der Waals surface area contributed by atoms with Gasteiger partial charge in [-0.3, -0.25) is 14.4 Å². The Morgan fingerprint density at radius 1 is 1.15 bits per heavy atom. The van der Waals surface area contributed by atoms with Crippen molar-refractivity contribution in [1.29, 1.82) is 0 Å². The number of nitrogens with one attached hydrogen (secondary N) is 1. The molecule has 3 aliphatic rings. The van der Waals surface area contributed by atoms with Crippen LogP contribution in [0.3, 0.4) is 0 Å². The van der Waals surface area contributed by atoms with Crippen LogP contribution in [-0.4, -0.2) is 73.2 Å². The Bertz CT molecular complexity index is 1440. The number of likely N-dealkylation sites (tertiary alicyclic amines) is 1. The summed E-state index contributed by atoms with van der Waals surface area (Å²) in [6, 6.07) is 14.6. The molecule has 2 bridgehead atoms. The number of aliphatic hydroxyl groups is 1. The molecule has 2 amide bonds. The van der Waals surface area contributed by atoms with Crippen LogP contribution in [0.1, 0.15) is 44.7 Å². The van der Waals surface area contributed by atoms with Crippen molar-refractivity contribution < 1.29 is 29.0 Å². The molecule has 1 aromatic heterocycles. The number of rotatable bonds is 9. The van der Waals surface area contributed by atoms with Gasteiger partial charge >= 0.3 is 5.97 Å². The van der Waals surface area contributed by atoms with Crippen LogP contribution in [0, 0.1) is 11.8 Å². The van der Waals surface area contributed by atoms with Crippen LogP contribution in [0.25, 0.3) is 11.0 Å². The maximum Gasteiger partial charge on any atom is 0.312 e. The maximum atomic E-state index is 14.4. The average Bonchev–Trinajstić information content (AvgIpc) is 3.70. The smallest absolute Gasteiger partial charge is 0.312 e. The number of ether oxygens (including phenoxy) is 2. The summed E-state index contributed by atoms with van der Waals surface area (Å²) in [5.74, 6) is -3.06. The minimum absolute atomic E-state index is 0.0218. The van der Waals surface area contributed by atoms with Gasteiger partial charge in [0.1, 0.15) is 29.7 Å². The van der Waals surface area contributed by atoms with E-state index in [9.17, 15) is 19.5 Å². The van der Waals surface area contributed by atoms with E-state index in [1.807, 2.05) is 61.5 Å². The van der Waals surface area contributed by atoms with Crippen LogP contribution in [0.5, 0.6) is 0 Å². The summed E-state index contributed by atoms with van der Waals surface area (Å²) in [4.78, 5) is 43.3. The number of para-hydroxylation sites is 1. The summed E-state index contributed by atoms with van der Waals surface area (Å²) in [6.45, 7) is 3.45. The molecule has 1 spiro atoms. The van der Waals surface area contributed by atoms with Gasteiger partial charge in [0.25, 0.3) is 0 Å². The number of nitrogens with zero attached hydrogens (tertiary/aromatic N) is 4. The lowest BCUT2D eigenvalue weighted by molar-refractivity contribution is -0.162. The number of fused-ring (bicyclic) bond motifs is 2. The number of aliphatic hydroxyl groups excluding tert-OH is 1. The molecule has 0 aliphatic carbocycles. The first-order chi connectivity index (χ1) is 19.4. The second-order valence-corrected chi connectivity index (χ2v) is 10.7. The minimum Gasteiger partial charge on any atom is -0.466 e. The minimum atomic E-state index is -1.23. The molecule has 2 N–H and O–H groups in total. The van der Waals surface area contributed by atoms with Crippen molar-refractivity contribution in [2.24, 2.45) is 11.8 Å². The summed E-state index contributed by atoms with van der Waals surface area (Å²) in [5.41, 5.74) is 0.00266. The van der Waals surface area contributed by atoms with Crippen LogP contribution in [0.15, 0.2) is 54.6 Å². The Morgan fingerprint density at radius 2 is 1.90 bits per heavy atom. The molecule has 3 saturated heterocycles. The normalized spacial score (nSPS) is 29.5. The highest BCUT2D eigenvalue weighted by atomic mass is 16.6. The Morgan fingerprint density at radius 3 is 2.62 bits per heavy atom. The molecule has 210 valence electrons. The molecule has 11 heteroatoms. The third kappa shape index (κ3) is 3.75. The second kappa shape index (κ2) is 9.97.